The first-order valence-electron chi connectivity index (χ1n) is 4.67. The first-order valence-corrected chi connectivity index (χ1v) is 5.90. The van der Waals surface area contributed by atoms with Crippen molar-refractivity contribution in [3.63, 3.8) is 0 Å². The fraction of sp³-hybridized carbons (Fsp3) is 1.00. The molecule has 0 spiro atoms. The lowest BCUT2D eigenvalue weighted by Gasteiger charge is -2.26. The lowest BCUT2D eigenvalue weighted by atomic mass is 10.1. The highest BCUT2D eigenvalue weighted by molar-refractivity contribution is 7.99. The van der Waals surface area contributed by atoms with Gasteiger partial charge in [0.15, 0.2) is 0 Å². The van der Waals surface area contributed by atoms with Crippen molar-refractivity contribution in [2.45, 2.75) is 45.4 Å². The van der Waals surface area contributed by atoms with Crippen molar-refractivity contribution >= 4 is 11.8 Å². The Balaban J connectivity index is 3.67. The second kappa shape index (κ2) is 5.13. The Labute approximate surface area is 81.7 Å². The summed E-state index contributed by atoms with van der Waals surface area (Å²) in [6.07, 6.45) is 2.17. The molecule has 0 aliphatic rings. The second-order valence-electron chi connectivity index (χ2n) is 4.38. The fourth-order valence-electron chi connectivity index (χ4n) is 0.715. The summed E-state index contributed by atoms with van der Waals surface area (Å²) >= 11 is 1.92. The molecule has 1 N–H and O–H groups in total. The van der Waals surface area contributed by atoms with Crippen LogP contribution < -0.4 is 5.32 Å². The molecule has 0 heterocycles. The molecule has 1 unspecified atom stereocenters. The van der Waals surface area contributed by atoms with Crippen LogP contribution in [0.25, 0.3) is 0 Å². The second-order valence-corrected chi connectivity index (χ2v) is 5.89. The SMILES string of the molecule is CSC(C)(C)CNC(C)C(C)C. The van der Waals surface area contributed by atoms with Gasteiger partial charge in [-0.25, -0.2) is 0 Å². The van der Waals surface area contributed by atoms with E-state index in [9.17, 15) is 0 Å². The average molecular weight is 189 g/mol. The maximum absolute atomic E-state index is 3.55. The van der Waals surface area contributed by atoms with E-state index in [1.807, 2.05) is 11.8 Å². The lowest BCUT2D eigenvalue weighted by molar-refractivity contribution is 0.412. The molecule has 0 saturated carbocycles. The van der Waals surface area contributed by atoms with Gasteiger partial charge in [-0.3, -0.25) is 0 Å². The minimum Gasteiger partial charge on any atom is -0.313 e. The predicted molar refractivity (Wildman–Crippen MR) is 59.9 cm³/mol. The van der Waals surface area contributed by atoms with E-state index >= 15 is 0 Å². The monoisotopic (exact) mass is 189 g/mol. The summed E-state index contributed by atoms with van der Waals surface area (Å²) in [6.45, 7) is 12.4. The largest absolute Gasteiger partial charge is 0.313 e. The Morgan fingerprint density at radius 2 is 1.75 bits per heavy atom. The molecule has 2 heteroatoms. The van der Waals surface area contributed by atoms with Gasteiger partial charge in [0.2, 0.25) is 0 Å². The van der Waals surface area contributed by atoms with Crippen LogP contribution in [0.15, 0.2) is 0 Å². The average Bonchev–Trinajstić information content (AvgIpc) is 2.00. The Morgan fingerprint density at radius 1 is 1.25 bits per heavy atom. The third-order valence-corrected chi connectivity index (χ3v) is 3.65. The number of rotatable bonds is 5. The van der Waals surface area contributed by atoms with E-state index in [1.165, 1.54) is 0 Å². The van der Waals surface area contributed by atoms with Crippen LogP contribution in [0.2, 0.25) is 0 Å². The van der Waals surface area contributed by atoms with E-state index in [1.54, 1.807) is 0 Å². The van der Waals surface area contributed by atoms with Gasteiger partial charge >= 0.3 is 0 Å². The molecule has 0 amide bonds. The molecule has 1 nitrogen and oxygen atoms in total. The summed E-state index contributed by atoms with van der Waals surface area (Å²) in [4.78, 5) is 0. The van der Waals surface area contributed by atoms with Crippen LogP contribution in [0.3, 0.4) is 0 Å². The highest BCUT2D eigenvalue weighted by Gasteiger charge is 2.17. The summed E-state index contributed by atoms with van der Waals surface area (Å²) in [5.41, 5.74) is 0. The molecule has 12 heavy (non-hydrogen) atoms. The molecule has 0 aliphatic carbocycles. The minimum absolute atomic E-state index is 0.364. The van der Waals surface area contributed by atoms with Gasteiger partial charge in [0, 0.05) is 17.3 Å². The third kappa shape index (κ3) is 5.04. The molecule has 0 aromatic heterocycles. The van der Waals surface area contributed by atoms with Crippen LogP contribution in [0.5, 0.6) is 0 Å². The van der Waals surface area contributed by atoms with E-state index in [0.717, 1.165) is 12.5 Å². The van der Waals surface area contributed by atoms with Crippen LogP contribution >= 0.6 is 11.8 Å². The Morgan fingerprint density at radius 3 is 2.08 bits per heavy atom. The zero-order valence-corrected chi connectivity index (χ0v) is 10.1. The van der Waals surface area contributed by atoms with Crippen molar-refractivity contribution in [2.75, 3.05) is 12.8 Å². The van der Waals surface area contributed by atoms with Crippen molar-refractivity contribution < 1.29 is 0 Å². The first-order chi connectivity index (χ1) is 5.39. The molecule has 0 aromatic rings. The summed E-state index contributed by atoms with van der Waals surface area (Å²) in [5, 5.41) is 3.55. The van der Waals surface area contributed by atoms with Crippen LogP contribution in [-0.4, -0.2) is 23.6 Å². The summed E-state index contributed by atoms with van der Waals surface area (Å²) in [7, 11) is 0. The van der Waals surface area contributed by atoms with Gasteiger partial charge in [0.25, 0.3) is 0 Å². The molecular formula is C10H23NS. The molecule has 0 fully saturated rings. The zero-order chi connectivity index (χ0) is 9.78. The quantitative estimate of drug-likeness (QED) is 0.714. The predicted octanol–water partition coefficient (Wildman–Crippen LogP) is 2.76. The molecule has 0 radical (unpaired) electrons. The van der Waals surface area contributed by atoms with Gasteiger partial charge in [-0.05, 0) is 32.9 Å². The van der Waals surface area contributed by atoms with Crippen LogP contribution in [0.4, 0.5) is 0 Å². The Kier molecular flexibility index (Phi) is 5.26. The number of hydrogen-bond acceptors (Lipinski definition) is 2. The van der Waals surface area contributed by atoms with Crippen LogP contribution in [-0.2, 0) is 0 Å². The van der Waals surface area contributed by atoms with Gasteiger partial charge in [0.1, 0.15) is 0 Å². The maximum Gasteiger partial charge on any atom is 0.0225 e. The van der Waals surface area contributed by atoms with Gasteiger partial charge < -0.3 is 5.32 Å². The van der Waals surface area contributed by atoms with E-state index in [-0.39, 0.29) is 0 Å². The van der Waals surface area contributed by atoms with Gasteiger partial charge in [-0.1, -0.05) is 13.8 Å². The third-order valence-electron chi connectivity index (χ3n) is 2.40. The van der Waals surface area contributed by atoms with Gasteiger partial charge in [-0.15, -0.1) is 0 Å². The number of nitrogens with one attached hydrogen (secondary N) is 1. The van der Waals surface area contributed by atoms with Crippen LogP contribution in [0.1, 0.15) is 34.6 Å². The smallest absolute Gasteiger partial charge is 0.0225 e. The number of thioether (sulfide) groups is 1. The van der Waals surface area contributed by atoms with E-state index in [2.05, 4.69) is 46.2 Å². The van der Waals surface area contributed by atoms with Crippen molar-refractivity contribution in [1.29, 1.82) is 0 Å². The standard InChI is InChI=1S/C10H23NS/c1-8(2)9(3)11-7-10(4,5)12-6/h8-9,11H,7H2,1-6H3. The topological polar surface area (TPSA) is 12.0 Å². The summed E-state index contributed by atoms with van der Waals surface area (Å²) in [5.74, 6) is 0.725. The van der Waals surface area contributed by atoms with Crippen molar-refractivity contribution in [3.8, 4) is 0 Å². The maximum atomic E-state index is 3.55. The van der Waals surface area contributed by atoms with Crippen molar-refractivity contribution in [2.24, 2.45) is 5.92 Å². The number of hydrogen-bond donors (Lipinski definition) is 1. The van der Waals surface area contributed by atoms with E-state index in [0.29, 0.717) is 10.8 Å². The van der Waals surface area contributed by atoms with Gasteiger partial charge in [0.05, 0.1) is 0 Å². The van der Waals surface area contributed by atoms with E-state index < -0.39 is 0 Å². The Bertz CT molecular complexity index is 121. The minimum atomic E-state index is 0.364. The first kappa shape index (κ1) is 12.3. The zero-order valence-electron chi connectivity index (χ0n) is 9.27. The molecule has 0 aromatic carbocycles. The fourth-order valence-corrected chi connectivity index (χ4v) is 0.942. The molecule has 0 bridgehead atoms. The molecule has 0 aliphatic heterocycles. The molecular weight excluding hydrogens is 166 g/mol. The van der Waals surface area contributed by atoms with Gasteiger partial charge in [-0.2, -0.15) is 11.8 Å². The molecule has 0 rings (SSSR count). The Hall–Kier alpha value is 0.310. The normalized spacial score (nSPS) is 15.2. The van der Waals surface area contributed by atoms with Crippen LogP contribution in [0, 0.1) is 5.92 Å². The summed E-state index contributed by atoms with van der Waals surface area (Å²) in [6, 6.07) is 0.622. The molecule has 74 valence electrons. The van der Waals surface area contributed by atoms with Crippen molar-refractivity contribution in [3.05, 3.63) is 0 Å². The highest BCUT2D eigenvalue weighted by atomic mass is 32.2. The lowest BCUT2D eigenvalue weighted by Crippen LogP contribution is -2.39. The van der Waals surface area contributed by atoms with E-state index in [4.69, 9.17) is 0 Å². The van der Waals surface area contributed by atoms with Crippen molar-refractivity contribution in [1.82, 2.24) is 5.32 Å². The molecule has 0 saturated heterocycles. The highest BCUT2D eigenvalue weighted by Crippen LogP contribution is 2.20. The summed E-state index contributed by atoms with van der Waals surface area (Å²) < 4.78 is 0.364. The molecule has 1 atom stereocenters.